The van der Waals surface area contributed by atoms with Crippen LogP contribution in [0.4, 0.5) is 0 Å². The molecule has 1 atom stereocenters. The first-order valence-electron chi connectivity index (χ1n) is 8.06. The van der Waals surface area contributed by atoms with Crippen molar-refractivity contribution in [1.29, 1.82) is 0 Å². The molecule has 1 aliphatic rings. The number of nitrogens with one attached hydrogen (secondary N) is 1. The normalized spacial score (nSPS) is 16.5. The molecule has 1 aliphatic heterocycles. The molecule has 1 aromatic carbocycles. The van der Waals surface area contributed by atoms with Crippen molar-refractivity contribution in [3.05, 3.63) is 38.9 Å². The monoisotopic (exact) mass is 476 g/mol. The minimum Gasteiger partial charge on any atom is -0.495 e. The molecule has 0 radical (unpaired) electrons. The summed E-state index contributed by atoms with van der Waals surface area (Å²) in [5.41, 5.74) is 3.41. The summed E-state index contributed by atoms with van der Waals surface area (Å²) in [6.45, 7) is 4.68. The van der Waals surface area contributed by atoms with Gasteiger partial charge in [-0.3, -0.25) is 4.90 Å². The van der Waals surface area contributed by atoms with Crippen LogP contribution in [0.3, 0.4) is 0 Å². The largest absolute Gasteiger partial charge is 0.495 e. The Morgan fingerprint density at radius 1 is 1.12 bits per heavy atom. The van der Waals surface area contributed by atoms with E-state index in [2.05, 4.69) is 66.9 Å². The Hall–Kier alpha value is -0.490. The lowest BCUT2D eigenvalue weighted by Crippen LogP contribution is -2.32. The van der Waals surface area contributed by atoms with E-state index in [1.54, 1.807) is 7.11 Å². The zero-order valence-electron chi connectivity index (χ0n) is 13.9. The van der Waals surface area contributed by atoms with Crippen LogP contribution in [-0.4, -0.2) is 30.1 Å². The van der Waals surface area contributed by atoms with Gasteiger partial charge < -0.3 is 9.72 Å². The van der Waals surface area contributed by atoms with Gasteiger partial charge in [0, 0.05) is 27.5 Å². The molecule has 1 fully saturated rings. The average Bonchev–Trinajstić information content (AvgIpc) is 3.04. The van der Waals surface area contributed by atoms with Crippen molar-refractivity contribution < 1.29 is 4.74 Å². The molecule has 0 saturated carbocycles. The highest BCUT2D eigenvalue weighted by atomic mass is 79.9. The highest BCUT2D eigenvalue weighted by Gasteiger charge is 2.20. The summed E-state index contributed by atoms with van der Waals surface area (Å²) in [7, 11) is 1.71. The summed E-state index contributed by atoms with van der Waals surface area (Å²) < 4.78 is 7.55. The van der Waals surface area contributed by atoms with E-state index in [1.807, 2.05) is 6.07 Å². The summed E-state index contributed by atoms with van der Waals surface area (Å²) in [6.07, 6.45) is 3.98. The molecular weight excluding hydrogens is 455 g/mol. The van der Waals surface area contributed by atoms with Crippen molar-refractivity contribution >= 4 is 44.3 Å². The van der Waals surface area contributed by atoms with Gasteiger partial charge in [0.1, 0.15) is 5.75 Å². The topological polar surface area (TPSA) is 28.3 Å². The van der Waals surface area contributed by atoms with Crippen LogP contribution in [0.5, 0.6) is 5.75 Å². The van der Waals surface area contributed by atoms with E-state index < -0.39 is 0 Å². The molecule has 0 bridgehead atoms. The Bertz CT molecular complexity index is 684. The number of ether oxygens (including phenoxy) is 1. The van der Waals surface area contributed by atoms with Crippen LogP contribution >= 0.6 is 44.3 Å². The second-order valence-corrected chi connectivity index (χ2v) is 7.84. The van der Waals surface area contributed by atoms with Gasteiger partial charge in [-0.1, -0.05) is 22.4 Å². The SMILES string of the molecule is COc1c(Br)cc(Br)cc1-c1ccc(C(C)N2CCCCC2)[nH]1.Cl. The maximum absolute atomic E-state index is 5.57. The molecule has 1 N–H and O–H groups in total. The first-order valence-corrected chi connectivity index (χ1v) is 9.65. The summed E-state index contributed by atoms with van der Waals surface area (Å²) in [5.74, 6) is 0.854. The third kappa shape index (κ3) is 4.18. The molecule has 2 aromatic rings. The summed E-state index contributed by atoms with van der Waals surface area (Å²) in [4.78, 5) is 6.16. The molecule has 2 heterocycles. The number of nitrogens with zero attached hydrogens (tertiary/aromatic N) is 1. The van der Waals surface area contributed by atoms with Gasteiger partial charge >= 0.3 is 0 Å². The van der Waals surface area contributed by atoms with Crippen LogP contribution < -0.4 is 4.74 Å². The number of rotatable bonds is 4. The summed E-state index contributed by atoms with van der Waals surface area (Å²) >= 11 is 7.14. The number of methoxy groups -OCH3 is 1. The second kappa shape index (κ2) is 8.75. The van der Waals surface area contributed by atoms with E-state index in [1.165, 1.54) is 38.0 Å². The van der Waals surface area contributed by atoms with Crippen LogP contribution in [0.1, 0.15) is 37.9 Å². The maximum atomic E-state index is 5.57. The molecular formula is C18H23Br2ClN2O. The van der Waals surface area contributed by atoms with E-state index in [0.29, 0.717) is 6.04 Å². The number of aromatic amines is 1. The number of hydrogen-bond acceptors (Lipinski definition) is 2. The van der Waals surface area contributed by atoms with Crippen molar-refractivity contribution in [3.63, 3.8) is 0 Å². The minimum absolute atomic E-state index is 0. The van der Waals surface area contributed by atoms with Crippen LogP contribution in [-0.2, 0) is 0 Å². The van der Waals surface area contributed by atoms with Crippen molar-refractivity contribution in [2.24, 2.45) is 0 Å². The van der Waals surface area contributed by atoms with Gasteiger partial charge in [-0.05, 0) is 73.1 Å². The zero-order chi connectivity index (χ0) is 16.4. The number of hydrogen-bond donors (Lipinski definition) is 1. The van der Waals surface area contributed by atoms with Crippen molar-refractivity contribution in [2.75, 3.05) is 20.2 Å². The zero-order valence-corrected chi connectivity index (χ0v) is 17.9. The van der Waals surface area contributed by atoms with Crippen LogP contribution in [0.15, 0.2) is 33.2 Å². The molecule has 0 aliphatic carbocycles. The Balaban J connectivity index is 0.00000208. The highest BCUT2D eigenvalue weighted by Crippen LogP contribution is 2.39. The van der Waals surface area contributed by atoms with Gasteiger partial charge in [0.25, 0.3) is 0 Å². The van der Waals surface area contributed by atoms with E-state index in [4.69, 9.17) is 4.74 Å². The van der Waals surface area contributed by atoms with Gasteiger partial charge in [-0.15, -0.1) is 12.4 Å². The highest BCUT2D eigenvalue weighted by molar-refractivity contribution is 9.11. The van der Waals surface area contributed by atoms with Crippen LogP contribution in [0, 0.1) is 0 Å². The molecule has 1 unspecified atom stereocenters. The predicted octanol–water partition coefficient (Wildman–Crippen LogP) is 6.18. The van der Waals surface area contributed by atoms with Gasteiger partial charge in [0.15, 0.2) is 0 Å². The fourth-order valence-corrected chi connectivity index (χ4v) is 4.67. The summed E-state index contributed by atoms with van der Waals surface area (Å²) in [6, 6.07) is 8.86. The first kappa shape index (κ1) is 19.8. The van der Waals surface area contributed by atoms with Gasteiger partial charge in [0.2, 0.25) is 0 Å². The molecule has 3 nitrogen and oxygen atoms in total. The number of halogens is 3. The van der Waals surface area contributed by atoms with Gasteiger partial charge in [0.05, 0.1) is 11.6 Å². The minimum atomic E-state index is 0. The third-order valence-electron chi connectivity index (χ3n) is 4.60. The van der Waals surface area contributed by atoms with Crippen LogP contribution in [0.25, 0.3) is 11.3 Å². The Labute approximate surface area is 166 Å². The van der Waals surface area contributed by atoms with Crippen molar-refractivity contribution in [2.45, 2.75) is 32.2 Å². The lowest BCUT2D eigenvalue weighted by molar-refractivity contribution is 0.172. The molecule has 24 heavy (non-hydrogen) atoms. The smallest absolute Gasteiger partial charge is 0.142 e. The number of piperidine rings is 1. The number of benzene rings is 1. The molecule has 3 rings (SSSR count). The Morgan fingerprint density at radius 3 is 2.50 bits per heavy atom. The van der Waals surface area contributed by atoms with Gasteiger partial charge in [-0.2, -0.15) is 0 Å². The predicted molar refractivity (Wildman–Crippen MR) is 109 cm³/mol. The maximum Gasteiger partial charge on any atom is 0.142 e. The van der Waals surface area contributed by atoms with Crippen molar-refractivity contribution in [1.82, 2.24) is 9.88 Å². The molecule has 6 heteroatoms. The van der Waals surface area contributed by atoms with Crippen LogP contribution in [0.2, 0.25) is 0 Å². The van der Waals surface area contributed by atoms with E-state index in [0.717, 1.165) is 26.0 Å². The van der Waals surface area contributed by atoms with E-state index >= 15 is 0 Å². The quantitative estimate of drug-likeness (QED) is 0.568. The Morgan fingerprint density at radius 2 is 1.83 bits per heavy atom. The fraction of sp³-hybridized carbons (Fsp3) is 0.444. The lowest BCUT2D eigenvalue weighted by atomic mass is 10.1. The lowest BCUT2D eigenvalue weighted by Gasteiger charge is -2.31. The first-order chi connectivity index (χ1) is 11.1. The molecule has 0 spiro atoms. The third-order valence-corrected chi connectivity index (χ3v) is 5.65. The standard InChI is InChI=1S/C18H22Br2N2O.ClH/c1-12(22-8-4-3-5-9-22)16-6-7-17(21-16)14-10-13(19)11-15(20)18(14)23-2;/h6-7,10-12,21H,3-5,8-9H2,1-2H3;1H. The number of H-pyrrole nitrogens is 1. The molecule has 0 amide bonds. The van der Waals surface area contributed by atoms with Gasteiger partial charge in [-0.25, -0.2) is 0 Å². The summed E-state index contributed by atoms with van der Waals surface area (Å²) in [5, 5.41) is 0. The molecule has 1 aromatic heterocycles. The molecule has 132 valence electrons. The average molecular weight is 479 g/mol. The van der Waals surface area contributed by atoms with Crippen molar-refractivity contribution in [3.8, 4) is 17.0 Å². The second-order valence-electron chi connectivity index (χ2n) is 6.07. The van der Waals surface area contributed by atoms with E-state index in [-0.39, 0.29) is 12.4 Å². The molecule has 1 saturated heterocycles. The number of likely N-dealkylation sites (tertiary alicyclic amines) is 1. The Kier molecular flexibility index (Phi) is 7.23. The van der Waals surface area contributed by atoms with E-state index in [9.17, 15) is 0 Å². The number of aromatic nitrogens is 1. The fourth-order valence-electron chi connectivity index (χ4n) is 3.28.